The smallest absolute Gasteiger partial charge is 0.365 e. The van der Waals surface area contributed by atoms with E-state index >= 15 is 0 Å². The summed E-state index contributed by atoms with van der Waals surface area (Å²) in [6.07, 6.45) is 0. The van der Waals surface area contributed by atoms with Crippen LogP contribution in [0.1, 0.15) is 14.7 Å². The lowest BCUT2D eigenvalue weighted by Crippen LogP contribution is -1.94. The first-order chi connectivity index (χ1) is 8.11. The summed E-state index contributed by atoms with van der Waals surface area (Å²) >= 11 is 1.18. The summed E-state index contributed by atoms with van der Waals surface area (Å²) in [5.41, 5.74) is 1.57. The van der Waals surface area contributed by atoms with E-state index in [1.165, 1.54) is 11.3 Å². The van der Waals surface area contributed by atoms with Gasteiger partial charge in [0.2, 0.25) is 5.01 Å². The van der Waals surface area contributed by atoms with Crippen LogP contribution in [0, 0.1) is 6.92 Å². The lowest BCUT2D eigenvalue weighted by molar-refractivity contribution is 0.0696. The van der Waals surface area contributed by atoms with E-state index in [-0.39, 0.29) is 5.01 Å². The number of hydrogen-bond acceptors (Lipinski definition) is 4. The van der Waals surface area contributed by atoms with Crippen molar-refractivity contribution in [1.82, 2.24) is 4.98 Å². The van der Waals surface area contributed by atoms with Crippen molar-refractivity contribution in [2.75, 3.05) is 7.11 Å². The average molecular weight is 249 g/mol. The summed E-state index contributed by atoms with van der Waals surface area (Å²) in [4.78, 5) is 15.8. The van der Waals surface area contributed by atoms with Crippen LogP contribution in [-0.4, -0.2) is 23.2 Å². The number of rotatable bonds is 3. The molecule has 0 saturated carbocycles. The van der Waals surface area contributed by atoms with Gasteiger partial charge in [-0.05, 0) is 19.1 Å². The van der Waals surface area contributed by atoms with Crippen LogP contribution in [0.15, 0.2) is 24.3 Å². The van der Waals surface area contributed by atoms with Gasteiger partial charge in [0.1, 0.15) is 5.75 Å². The Kier molecular flexibility index (Phi) is 3.10. The highest BCUT2D eigenvalue weighted by atomic mass is 32.1. The highest BCUT2D eigenvalue weighted by Gasteiger charge is 2.14. The van der Waals surface area contributed by atoms with Crippen LogP contribution in [0.2, 0.25) is 0 Å². The number of aromatic carboxylic acids is 1. The molecule has 1 N–H and O–H groups in total. The number of thiazole rings is 1. The van der Waals surface area contributed by atoms with Crippen LogP contribution in [0.4, 0.5) is 0 Å². The van der Waals surface area contributed by atoms with Gasteiger partial charge < -0.3 is 9.84 Å². The maximum Gasteiger partial charge on any atom is 0.365 e. The Labute approximate surface area is 103 Å². The third kappa shape index (κ3) is 2.29. The summed E-state index contributed by atoms with van der Waals surface area (Å²) in [7, 11) is 1.59. The number of aryl methyl sites for hydroxylation is 1. The predicted molar refractivity (Wildman–Crippen MR) is 65.8 cm³/mol. The number of carboxylic acids is 1. The van der Waals surface area contributed by atoms with Crippen LogP contribution in [0.5, 0.6) is 5.75 Å². The normalized spacial score (nSPS) is 10.2. The number of methoxy groups -OCH3 is 1. The minimum absolute atomic E-state index is 0.111. The summed E-state index contributed by atoms with van der Waals surface area (Å²) < 4.78 is 5.13. The minimum Gasteiger partial charge on any atom is -0.497 e. The summed E-state index contributed by atoms with van der Waals surface area (Å²) in [6.45, 7) is 1.86. The Bertz CT molecular complexity index is 563. The first-order valence-electron chi connectivity index (χ1n) is 4.97. The summed E-state index contributed by atoms with van der Waals surface area (Å²) in [5.74, 6) is -0.265. The van der Waals surface area contributed by atoms with E-state index in [9.17, 15) is 4.79 Å². The zero-order valence-electron chi connectivity index (χ0n) is 9.43. The monoisotopic (exact) mass is 249 g/mol. The molecule has 0 radical (unpaired) electrons. The predicted octanol–water partition coefficient (Wildman–Crippen LogP) is 2.83. The zero-order chi connectivity index (χ0) is 12.4. The fraction of sp³-hybridized carbons (Fsp3) is 0.167. The lowest BCUT2D eigenvalue weighted by atomic mass is 10.1. The SMILES string of the molecule is COc1cccc(-c2nc(C(=O)O)sc2C)c1. The molecule has 0 atom stereocenters. The molecule has 2 aromatic rings. The number of aromatic nitrogens is 1. The second-order valence-corrected chi connectivity index (χ2v) is 4.66. The first-order valence-corrected chi connectivity index (χ1v) is 5.78. The maximum atomic E-state index is 10.8. The van der Waals surface area contributed by atoms with Crippen molar-refractivity contribution < 1.29 is 14.6 Å². The molecule has 0 aliphatic carbocycles. The van der Waals surface area contributed by atoms with E-state index in [1.54, 1.807) is 7.11 Å². The number of carbonyl (C=O) groups is 1. The molecule has 0 fully saturated rings. The van der Waals surface area contributed by atoms with Crippen LogP contribution < -0.4 is 4.74 Å². The van der Waals surface area contributed by atoms with Crippen molar-refractivity contribution in [1.29, 1.82) is 0 Å². The van der Waals surface area contributed by atoms with Gasteiger partial charge in [-0.1, -0.05) is 12.1 Å². The number of hydrogen-bond donors (Lipinski definition) is 1. The van der Waals surface area contributed by atoms with Crippen molar-refractivity contribution in [3.8, 4) is 17.0 Å². The molecular formula is C12H11NO3S. The Morgan fingerprint density at radius 3 is 2.82 bits per heavy atom. The fourth-order valence-corrected chi connectivity index (χ4v) is 2.30. The molecule has 0 aliphatic rings. The molecule has 5 heteroatoms. The van der Waals surface area contributed by atoms with Gasteiger partial charge in [-0.25, -0.2) is 9.78 Å². The van der Waals surface area contributed by atoms with Crippen molar-refractivity contribution in [2.45, 2.75) is 6.92 Å². The molecule has 17 heavy (non-hydrogen) atoms. The van der Waals surface area contributed by atoms with E-state index in [1.807, 2.05) is 31.2 Å². The molecule has 4 nitrogen and oxygen atoms in total. The standard InChI is InChI=1S/C12H11NO3S/c1-7-10(13-11(17-7)12(14)15)8-4-3-5-9(6-8)16-2/h3-6H,1-2H3,(H,14,15). The highest BCUT2D eigenvalue weighted by Crippen LogP contribution is 2.29. The molecule has 2 rings (SSSR count). The van der Waals surface area contributed by atoms with Gasteiger partial charge in [0.25, 0.3) is 0 Å². The van der Waals surface area contributed by atoms with E-state index in [0.29, 0.717) is 5.69 Å². The summed E-state index contributed by atoms with van der Waals surface area (Å²) in [6, 6.07) is 7.42. The Morgan fingerprint density at radius 1 is 1.47 bits per heavy atom. The molecule has 0 spiro atoms. The van der Waals surface area contributed by atoms with Gasteiger partial charge in [-0.3, -0.25) is 0 Å². The van der Waals surface area contributed by atoms with Crippen LogP contribution in [0.3, 0.4) is 0 Å². The quantitative estimate of drug-likeness (QED) is 0.908. The largest absolute Gasteiger partial charge is 0.497 e. The van der Waals surface area contributed by atoms with E-state index in [2.05, 4.69) is 4.98 Å². The number of ether oxygens (including phenoxy) is 1. The number of nitrogens with zero attached hydrogens (tertiary/aromatic N) is 1. The molecular weight excluding hydrogens is 238 g/mol. The van der Waals surface area contributed by atoms with Crippen molar-refractivity contribution in [2.24, 2.45) is 0 Å². The number of benzene rings is 1. The molecule has 0 amide bonds. The second-order valence-electron chi connectivity index (χ2n) is 3.46. The van der Waals surface area contributed by atoms with Gasteiger partial charge >= 0.3 is 5.97 Å². The van der Waals surface area contributed by atoms with Crippen LogP contribution in [-0.2, 0) is 0 Å². The lowest BCUT2D eigenvalue weighted by Gasteiger charge is -2.02. The third-order valence-corrected chi connectivity index (χ3v) is 3.28. The average Bonchev–Trinajstić information content (AvgIpc) is 2.72. The molecule has 0 unspecified atom stereocenters. The van der Waals surface area contributed by atoms with Gasteiger partial charge in [-0.15, -0.1) is 11.3 Å². The minimum atomic E-state index is -0.993. The second kappa shape index (κ2) is 4.55. The summed E-state index contributed by atoms with van der Waals surface area (Å²) in [5, 5.41) is 9.00. The molecule has 0 bridgehead atoms. The molecule has 88 valence electrons. The number of carboxylic acid groups (broad SMARTS) is 1. The van der Waals surface area contributed by atoms with Crippen molar-refractivity contribution >= 4 is 17.3 Å². The third-order valence-electron chi connectivity index (χ3n) is 2.32. The fourth-order valence-electron chi connectivity index (χ4n) is 1.53. The van der Waals surface area contributed by atoms with Gasteiger partial charge in [0.15, 0.2) is 0 Å². The zero-order valence-corrected chi connectivity index (χ0v) is 10.2. The molecule has 0 saturated heterocycles. The topological polar surface area (TPSA) is 59.4 Å². The van der Waals surface area contributed by atoms with E-state index in [4.69, 9.17) is 9.84 Å². The van der Waals surface area contributed by atoms with Gasteiger partial charge in [0, 0.05) is 10.4 Å². The molecule has 1 heterocycles. The molecule has 1 aromatic carbocycles. The van der Waals surface area contributed by atoms with Gasteiger partial charge in [-0.2, -0.15) is 0 Å². The maximum absolute atomic E-state index is 10.8. The van der Waals surface area contributed by atoms with Crippen molar-refractivity contribution in [3.63, 3.8) is 0 Å². The van der Waals surface area contributed by atoms with E-state index in [0.717, 1.165) is 16.2 Å². The molecule has 0 aliphatic heterocycles. The highest BCUT2D eigenvalue weighted by molar-refractivity contribution is 7.13. The van der Waals surface area contributed by atoms with Crippen LogP contribution in [0.25, 0.3) is 11.3 Å². The Morgan fingerprint density at radius 2 is 2.24 bits per heavy atom. The van der Waals surface area contributed by atoms with Crippen molar-refractivity contribution in [3.05, 3.63) is 34.2 Å². The molecule has 1 aromatic heterocycles. The van der Waals surface area contributed by atoms with Crippen LogP contribution >= 0.6 is 11.3 Å². The van der Waals surface area contributed by atoms with E-state index < -0.39 is 5.97 Å². The first kappa shape index (κ1) is 11.6. The Hall–Kier alpha value is -1.88. The Balaban J connectivity index is 2.48. The van der Waals surface area contributed by atoms with Gasteiger partial charge in [0.05, 0.1) is 12.8 Å².